The van der Waals surface area contributed by atoms with E-state index < -0.39 is 0 Å². The molecule has 172 valence electrons. The fourth-order valence-corrected chi connectivity index (χ4v) is 4.31. The number of hydrogen-bond acceptors (Lipinski definition) is 4. The molecule has 1 aromatic heterocycles. The van der Waals surface area contributed by atoms with Gasteiger partial charge in [-0.3, -0.25) is 14.4 Å². The van der Waals surface area contributed by atoms with Crippen LogP contribution >= 0.6 is 11.6 Å². The average Bonchev–Trinajstić information content (AvgIpc) is 3.49. The molecule has 0 aliphatic carbocycles. The highest BCUT2D eigenvalue weighted by Crippen LogP contribution is 2.26. The number of nitrogens with zero attached hydrogens (tertiary/aromatic N) is 4. The lowest BCUT2D eigenvalue weighted by molar-refractivity contribution is -0.113. The Morgan fingerprint density at radius 3 is 2.76 bits per heavy atom. The maximum Gasteiger partial charge on any atom is 0.255 e. The van der Waals surface area contributed by atoms with Crippen molar-refractivity contribution < 1.29 is 9.53 Å². The molecule has 0 bridgehead atoms. The molecule has 0 N–H and O–H groups in total. The summed E-state index contributed by atoms with van der Waals surface area (Å²) >= 11 is 6.03. The van der Waals surface area contributed by atoms with Crippen LogP contribution in [0.2, 0.25) is 5.02 Å². The molecule has 0 atom stereocenters. The summed E-state index contributed by atoms with van der Waals surface area (Å²) in [6.07, 6.45) is 11.3. The lowest BCUT2D eigenvalue weighted by Crippen LogP contribution is -2.24. The molecule has 6 nitrogen and oxygen atoms in total. The van der Waals surface area contributed by atoms with Crippen LogP contribution in [0.15, 0.2) is 60.9 Å². The molecule has 1 saturated heterocycles. The van der Waals surface area contributed by atoms with Crippen molar-refractivity contribution in [2.24, 2.45) is 0 Å². The Morgan fingerprint density at radius 2 is 2.00 bits per heavy atom. The van der Waals surface area contributed by atoms with Gasteiger partial charge in [-0.05, 0) is 75.3 Å². The summed E-state index contributed by atoms with van der Waals surface area (Å²) < 4.78 is 7.41. The molecule has 0 unspecified atom stereocenters. The minimum absolute atomic E-state index is 0.161. The van der Waals surface area contributed by atoms with Gasteiger partial charge in [0.25, 0.3) is 5.91 Å². The number of hydrogen-bond donors (Lipinski definition) is 0. The zero-order valence-corrected chi connectivity index (χ0v) is 19.8. The molecule has 2 aromatic carbocycles. The van der Waals surface area contributed by atoms with E-state index in [9.17, 15) is 4.79 Å². The molecule has 1 fully saturated rings. The Kier molecular flexibility index (Phi) is 7.47. The van der Waals surface area contributed by atoms with Gasteiger partial charge in [-0.15, -0.1) is 0 Å². The molecule has 0 spiro atoms. The van der Waals surface area contributed by atoms with Gasteiger partial charge in [0.2, 0.25) is 0 Å². The van der Waals surface area contributed by atoms with E-state index in [0.29, 0.717) is 10.8 Å². The SMILES string of the molecule is C/C=C\N(C(=O)/C=C/c1ccc(Cl)cc1OC)c1ccc2c(cnn2CCN2CCCC2)c1. The van der Waals surface area contributed by atoms with Crippen molar-refractivity contribution in [3.05, 3.63) is 71.5 Å². The van der Waals surface area contributed by atoms with Gasteiger partial charge in [0.05, 0.1) is 25.4 Å². The lowest BCUT2D eigenvalue weighted by atomic mass is 10.1. The summed E-state index contributed by atoms with van der Waals surface area (Å²) in [5.41, 5.74) is 2.65. The smallest absolute Gasteiger partial charge is 0.255 e. The average molecular weight is 465 g/mol. The second kappa shape index (κ2) is 10.7. The van der Waals surface area contributed by atoms with Gasteiger partial charge in [0, 0.05) is 40.5 Å². The summed E-state index contributed by atoms with van der Waals surface area (Å²) in [5, 5.41) is 6.18. The fourth-order valence-electron chi connectivity index (χ4n) is 4.14. The van der Waals surface area contributed by atoms with Gasteiger partial charge in [-0.1, -0.05) is 17.7 Å². The highest BCUT2D eigenvalue weighted by Gasteiger charge is 2.15. The summed E-state index contributed by atoms with van der Waals surface area (Å²) in [7, 11) is 1.58. The number of ether oxygens (including phenoxy) is 1. The summed E-state index contributed by atoms with van der Waals surface area (Å²) in [6.45, 7) is 6.13. The molecular formula is C26H29ClN4O2. The second-order valence-electron chi connectivity index (χ2n) is 8.07. The molecule has 1 aliphatic rings. The van der Waals surface area contributed by atoms with Gasteiger partial charge in [-0.25, -0.2) is 0 Å². The molecule has 0 saturated carbocycles. The van der Waals surface area contributed by atoms with E-state index >= 15 is 0 Å². The van der Waals surface area contributed by atoms with Crippen molar-refractivity contribution in [2.45, 2.75) is 26.3 Å². The van der Waals surface area contributed by atoms with Crippen molar-refractivity contribution in [1.82, 2.24) is 14.7 Å². The van der Waals surface area contributed by atoms with Gasteiger partial charge in [0.1, 0.15) is 5.75 Å². The van der Waals surface area contributed by atoms with Crippen LogP contribution < -0.4 is 9.64 Å². The standard InChI is InChI=1S/C26H29ClN4O2/c1-3-12-30(26(32)11-7-20-6-8-22(27)18-25(20)33-2)23-9-10-24-21(17-23)19-28-31(24)16-15-29-13-4-5-14-29/h3,6-12,17-19H,4-5,13-16H2,1-2H3/b11-7+,12-3-. The van der Waals surface area contributed by atoms with Crippen molar-refractivity contribution in [3.63, 3.8) is 0 Å². The van der Waals surface area contributed by atoms with E-state index in [4.69, 9.17) is 16.3 Å². The Hall–Kier alpha value is -3.09. The van der Waals surface area contributed by atoms with Crippen LogP contribution in [-0.4, -0.2) is 47.3 Å². The Bertz CT molecular complexity index is 1180. The van der Waals surface area contributed by atoms with Gasteiger partial charge in [-0.2, -0.15) is 5.10 Å². The first-order valence-corrected chi connectivity index (χ1v) is 11.6. The van der Waals surface area contributed by atoms with Crippen molar-refractivity contribution in [1.29, 1.82) is 0 Å². The number of methoxy groups -OCH3 is 1. The zero-order valence-electron chi connectivity index (χ0n) is 19.1. The molecular weight excluding hydrogens is 436 g/mol. The third-order valence-electron chi connectivity index (χ3n) is 5.87. The predicted molar refractivity (Wildman–Crippen MR) is 135 cm³/mol. The minimum Gasteiger partial charge on any atom is -0.496 e. The van der Waals surface area contributed by atoms with E-state index in [1.165, 1.54) is 32.0 Å². The van der Waals surface area contributed by atoms with Crippen LogP contribution in [0.3, 0.4) is 0 Å². The Balaban J connectivity index is 1.53. The number of carbonyl (C=O) groups excluding carboxylic acids is 1. The number of amides is 1. The molecule has 3 aromatic rings. The number of carbonyl (C=O) groups is 1. The van der Waals surface area contributed by atoms with Crippen LogP contribution in [0.1, 0.15) is 25.3 Å². The molecule has 1 aliphatic heterocycles. The molecule has 4 rings (SSSR count). The maximum absolute atomic E-state index is 13.1. The van der Waals surface area contributed by atoms with Crippen molar-refractivity contribution >= 4 is 40.2 Å². The number of halogens is 1. The van der Waals surface area contributed by atoms with E-state index in [2.05, 4.69) is 10.00 Å². The highest BCUT2D eigenvalue weighted by atomic mass is 35.5. The van der Waals surface area contributed by atoms with Gasteiger partial charge < -0.3 is 9.64 Å². The minimum atomic E-state index is -0.161. The number of likely N-dealkylation sites (tertiary alicyclic amines) is 1. The third-order valence-corrected chi connectivity index (χ3v) is 6.10. The van der Waals surface area contributed by atoms with Gasteiger partial charge >= 0.3 is 0 Å². The van der Waals surface area contributed by atoms with Crippen molar-refractivity contribution in [2.75, 3.05) is 31.6 Å². The summed E-state index contributed by atoms with van der Waals surface area (Å²) in [4.78, 5) is 17.2. The number of aromatic nitrogens is 2. The largest absolute Gasteiger partial charge is 0.496 e. The van der Waals surface area contributed by atoms with Crippen LogP contribution in [0.25, 0.3) is 17.0 Å². The van der Waals surface area contributed by atoms with E-state index in [0.717, 1.165) is 35.2 Å². The first-order valence-electron chi connectivity index (χ1n) is 11.2. The topological polar surface area (TPSA) is 50.6 Å². The number of rotatable bonds is 8. The first-order chi connectivity index (χ1) is 16.1. The molecule has 2 heterocycles. The number of benzene rings is 2. The first kappa shape index (κ1) is 23.1. The monoisotopic (exact) mass is 464 g/mol. The fraction of sp³-hybridized carbons (Fsp3) is 0.308. The predicted octanol–water partition coefficient (Wildman–Crippen LogP) is 5.37. The van der Waals surface area contributed by atoms with E-state index in [-0.39, 0.29) is 5.91 Å². The quantitative estimate of drug-likeness (QED) is 0.420. The highest BCUT2D eigenvalue weighted by molar-refractivity contribution is 6.30. The zero-order chi connectivity index (χ0) is 23.2. The molecule has 0 radical (unpaired) electrons. The summed E-state index contributed by atoms with van der Waals surface area (Å²) in [5.74, 6) is 0.456. The van der Waals surface area contributed by atoms with Crippen LogP contribution in [0.4, 0.5) is 5.69 Å². The van der Waals surface area contributed by atoms with Crippen LogP contribution in [-0.2, 0) is 11.3 Å². The van der Waals surface area contributed by atoms with E-state index in [1.54, 1.807) is 36.4 Å². The molecule has 7 heteroatoms. The molecule has 1 amide bonds. The number of allylic oxidation sites excluding steroid dienone is 1. The Morgan fingerprint density at radius 1 is 1.18 bits per heavy atom. The van der Waals surface area contributed by atoms with Gasteiger partial charge in [0.15, 0.2) is 0 Å². The molecule has 33 heavy (non-hydrogen) atoms. The number of fused-ring (bicyclic) bond motifs is 1. The van der Waals surface area contributed by atoms with Crippen molar-refractivity contribution in [3.8, 4) is 5.75 Å². The maximum atomic E-state index is 13.1. The normalized spacial score (nSPS) is 14.6. The van der Waals surface area contributed by atoms with E-state index in [1.807, 2.05) is 48.1 Å². The lowest BCUT2D eigenvalue weighted by Gasteiger charge is -2.17. The second-order valence-corrected chi connectivity index (χ2v) is 8.51. The van der Waals surface area contributed by atoms with Crippen LogP contribution in [0.5, 0.6) is 5.75 Å². The number of anilines is 1. The van der Waals surface area contributed by atoms with Crippen LogP contribution in [0, 0.1) is 0 Å². The summed E-state index contributed by atoms with van der Waals surface area (Å²) in [6, 6.07) is 11.3. The Labute approximate surface area is 199 Å². The third kappa shape index (κ3) is 5.46.